The number of nitrogens with zero attached hydrogens (tertiary/aromatic N) is 2. The van der Waals surface area contributed by atoms with E-state index >= 15 is 0 Å². The summed E-state index contributed by atoms with van der Waals surface area (Å²) in [6.07, 6.45) is 3.47. The van der Waals surface area contributed by atoms with E-state index in [4.69, 9.17) is 0 Å². The number of anilines is 1. The van der Waals surface area contributed by atoms with Gasteiger partial charge in [0.05, 0.1) is 22.8 Å². The predicted octanol–water partition coefficient (Wildman–Crippen LogP) is 1.94. The summed E-state index contributed by atoms with van der Waals surface area (Å²) in [5.74, 6) is -0.194. The summed E-state index contributed by atoms with van der Waals surface area (Å²) in [5.41, 5.74) is 2.30. The molecule has 1 N–H and O–H groups in total. The number of sulfone groups is 1. The Bertz CT molecular complexity index is 766. The van der Waals surface area contributed by atoms with E-state index in [9.17, 15) is 13.2 Å². The average molecular weight is 321 g/mol. The number of nitrogens with one attached hydrogen (secondary N) is 1. The number of hydrogen-bond acceptors (Lipinski definition) is 4. The number of amides is 1. The molecule has 1 amide bonds. The van der Waals surface area contributed by atoms with Crippen LogP contribution in [0, 0.1) is 6.92 Å². The lowest BCUT2D eigenvalue weighted by Crippen LogP contribution is -2.15. The van der Waals surface area contributed by atoms with E-state index in [2.05, 4.69) is 10.4 Å². The van der Waals surface area contributed by atoms with Gasteiger partial charge in [-0.1, -0.05) is 12.1 Å². The van der Waals surface area contributed by atoms with Crippen molar-refractivity contribution in [2.75, 3.05) is 17.3 Å². The van der Waals surface area contributed by atoms with Gasteiger partial charge in [-0.25, -0.2) is 13.1 Å². The van der Waals surface area contributed by atoms with Gasteiger partial charge < -0.3 is 5.32 Å². The van der Waals surface area contributed by atoms with Crippen LogP contribution in [0.15, 0.2) is 36.5 Å². The molecular formula is C15H19N3O3S. The van der Waals surface area contributed by atoms with Crippen molar-refractivity contribution in [2.45, 2.75) is 19.8 Å². The molecular weight excluding hydrogens is 302 g/mol. The van der Waals surface area contributed by atoms with Crippen LogP contribution >= 0.6 is 0 Å². The van der Waals surface area contributed by atoms with Gasteiger partial charge in [-0.15, -0.1) is 0 Å². The van der Waals surface area contributed by atoms with Gasteiger partial charge in [-0.3, -0.25) is 4.79 Å². The van der Waals surface area contributed by atoms with Crippen LogP contribution in [0.2, 0.25) is 0 Å². The van der Waals surface area contributed by atoms with Crippen molar-refractivity contribution in [3.63, 3.8) is 0 Å². The molecule has 6 nitrogen and oxygen atoms in total. The fourth-order valence-corrected chi connectivity index (χ4v) is 2.70. The SMILES string of the molecule is Cc1ccn(-c2ccccc2NC(=O)CCCS(C)(=O)=O)n1. The second-order valence-corrected chi connectivity index (χ2v) is 7.46. The molecule has 0 fully saturated rings. The van der Waals surface area contributed by atoms with Crippen LogP contribution in [0.5, 0.6) is 0 Å². The van der Waals surface area contributed by atoms with Gasteiger partial charge in [0.1, 0.15) is 9.84 Å². The first kappa shape index (κ1) is 16.2. The van der Waals surface area contributed by atoms with Crippen molar-refractivity contribution in [3.8, 4) is 5.69 Å². The predicted molar refractivity (Wildman–Crippen MR) is 85.9 cm³/mol. The summed E-state index contributed by atoms with van der Waals surface area (Å²) in [5, 5.41) is 7.14. The third kappa shape index (κ3) is 4.70. The number of carbonyl (C=O) groups is 1. The zero-order chi connectivity index (χ0) is 16.2. The Balaban J connectivity index is 2.05. The number of hydrogen-bond donors (Lipinski definition) is 1. The number of aromatic nitrogens is 2. The van der Waals surface area contributed by atoms with E-state index in [-0.39, 0.29) is 18.1 Å². The standard InChI is InChI=1S/C15H19N3O3S/c1-12-9-10-18(17-12)14-7-4-3-6-13(14)16-15(19)8-5-11-22(2,20)21/h3-4,6-7,9-10H,5,8,11H2,1-2H3,(H,16,19). The van der Waals surface area contributed by atoms with Crippen LogP contribution in [0.25, 0.3) is 5.69 Å². The Hall–Kier alpha value is -2.15. The molecule has 2 rings (SSSR count). The molecule has 0 spiro atoms. The molecule has 1 aromatic carbocycles. The third-order valence-electron chi connectivity index (χ3n) is 3.07. The smallest absolute Gasteiger partial charge is 0.224 e. The lowest BCUT2D eigenvalue weighted by atomic mass is 10.2. The second-order valence-electron chi connectivity index (χ2n) is 5.20. The molecule has 0 saturated heterocycles. The summed E-state index contributed by atoms with van der Waals surface area (Å²) in [6.45, 7) is 1.89. The van der Waals surface area contributed by atoms with E-state index in [1.165, 1.54) is 6.26 Å². The van der Waals surface area contributed by atoms with E-state index in [1.54, 1.807) is 10.7 Å². The lowest BCUT2D eigenvalue weighted by Gasteiger charge is -2.11. The highest BCUT2D eigenvalue weighted by molar-refractivity contribution is 7.90. The van der Waals surface area contributed by atoms with Gasteiger partial charge in [0.2, 0.25) is 5.91 Å². The monoisotopic (exact) mass is 321 g/mol. The Kier molecular flexibility index (Phi) is 4.97. The Morgan fingerprint density at radius 3 is 2.64 bits per heavy atom. The first-order chi connectivity index (χ1) is 10.3. The zero-order valence-electron chi connectivity index (χ0n) is 12.6. The van der Waals surface area contributed by atoms with Gasteiger partial charge in [0.25, 0.3) is 0 Å². The molecule has 0 bridgehead atoms. The molecule has 118 valence electrons. The largest absolute Gasteiger partial charge is 0.324 e. The number of aryl methyl sites for hydroxylation is 1. The van der Waals surface area contributed by atoms with Gasteiger partial charge in [0, 0.05) is 18.9 Å². The molecule has 0 radical (unpaired) electrons. The van der Waals surface area contributed by atoms with Crippen LogP contribution in [0.3, 0.4) is 0 Å². The van der Waals surface area contributed by atoms with Crippen molar-refractivity contribution < 1.29 is 13.2 Å². The molecule has 22 heavy (non-hydrogen) atoms. The first-order valence-electron chi connectivity index (χ1n) is 6.94. The number of carbonyl (C=O) groups excluding carboxylic acids is 1. The summed E-state index contributed by atoms with van der Waals surface area (Å²) in [6, 6.07) is 9.22. The molecule has 0 unspecified atom stereocenters. The van der Waals surface area contributed by atoms with Gasteiger partial charge in [-0.05, 0) is 31.5 Å². The maximum absolute atomic E-state index is 12.0. The topological polar surface area (TPSA) is 81.1 Å². The van der Waals surface area contributed by atoms with E-state index < -0.39 is 9.84 Å². The summed E-state index contributed by atoms with van der Waals surface area (Å²) in [4.78, 5) is 12.0. The highest BCUT2D eigenvalue weighted by Gasteiger charge is 2.10. The molecule has 0 atom stereocenters. The van der Waals surface area contributed by atoms with Crippen molar-refractivity contribution >= 4 is 21.4 Å². The quantitative estimate of drug-likeness (QED) is 0.881. The maximum atomic E-state index is 12.0. The van der Waals surface area contributed by atoms with E-state index in [0.29, 0.717) is 12.1 Å². The molecule has 1 aromatic heterocycles. The number of para-hydroxylation sites is 2. The summed E-state index contributed by atoms with van der Waals surface area (Å²) in [7, 11) is -3.04. The first-order valence-corrected chi connectivity index (χ1v) is 9.00. The molecule has 2 aromatic rings. The second kappa shape index (κ2) is 6.74. The third-order valence-corrected chi connectivity index (χ3v) is 4.10. The molecule has 0 aliphatic rings. The molecule has 7 heteroatoms. The fourth-order valence-electron chi connectivity index (χ4n) is 2.04. The van der Waals surface area contributed by atoms with Crippen molar-refractivity contribution in [1.82, 2.24) is 9.78 Å². The highest BCUT2D eigenvalue weighted by atomic mass is 32.2. The molecule has 0 saturated carbocycles. The Morgan fingerprint density at radius 2 is 2.00 bits per heavy atom. The van der Waals surface area contributed by atoms with Gasteiger partial charge in [-0.2, -0.15) is 5.10 Å². The minimum Gasteiger partial charge on any atom is -0.324 e. The number of benzene rings is 1. The summed E-state index contributed by atoms with van der Waals surface area (Å²) < 4.78 is 23.8. The van der Waals surface area contributed by atoms with Crippen LogP contribution in [0.1, 0.15) is 18.5 Å². The Morgan fingerprint density at radius 1 is 1.27 bits per heavy atom. The van der Waals surface area contributed by atoms with Crippen LogP contribution in [0.4, 0.5) is 5.69 Å². The van der Waals surface area contributed by atoms with Crippen LogP contribution < -0.4 is 5.32 Å². The minimum absolute atomic E-state index is 0.0143. The van der Waals surface area contributed by atoms with Gasteiger partial charge >= 0.3 is 0 Å². The van der Waals surface area contributed by atoms with Crippen molar-refractivity contribution in [3.05, 3.63) is 42.2 Å². The lowest BCUT2D eigenvalue weighted by molar-refractivity contribution is -0.116. The van der Waals surface area contributed by atoms with Crippen LogP contribution in [-0.2, 0) is 14.6 Å². The van der Waals surface area contributed by atoms with Crippen LogP contribution in [-0.4, -0.2) is 36.1 Å². The molecule has 0 aliphatic carbocycles. The Labute approximate surface area is 130 Å². The van der Waals surface area contributed by atoms with Gasteiger partial charge in [0.15, 0.2) is 0 Å². The van der Waals surface area contributed by atoms with E-state index in [0.717, 1.165) is 11.4 Å². The van der Waals surface area contributed by atoms with Crippen molar-refractivity contribution in [2.24, 2.45) is 0 Å². The molecule has 0 aliphatic heterocycles. The molecule has 1 heterocycles. The zero-order valence-corrected chi connectivity index (χ0v) is 13.4. The average Bonchev–Trinajstić information content (AvgIpc) is 2.84. The highest BCUT2D eigenvalue weighted by Crippen LogP contribution is 2.19. The fraction of sp³-hybridized carbons (Fsp3) is 0.333. The van der Waals surface area contributed by atoms with E-state index in [1.807, 2.05) is 37.4 Å². The normalized spacial score (nSPS) is 11.4. The maximum Gasteiger partial charge on any atom is 0.224 e. The van der Waals surface area contributed by atoms with Crippen molar-refractivity contribution in [1.29, 1.82) is 0 Å². The number of rotatable bonds is 6. The summed E-state index contributed by atoms with van der Waals surface area (Å²) >= 11 is 0. The minimum atomic E-state index is -3.04.